The molecule has 1 N–H and O–H groups in total. The van der Waals surface area contributed by atoms with E-state index in [4.69, 9.17) is 4.74 Å². The first kappa shape index (κ1) is 12.2. The Balaban J connectivity index is 2.59. The Morgan fingerprint density at radius 3 is 2.50 bits per heavy atom. The van der Waals surface area contributed by atoms with Crippen LogP contribution in [-0.2, 0) is 9.53 Å². The molecule has 1 amide bonds. The fraction of sp³-hybridized carbons (Fsp3) is 0.333. The van der Waals surface area contributed by atoms with Gasteiger partial charge in [0.2, 0.25) is 6.41 Å². The van der Waals surface area contributed by atoms with Gasteiger partial charge in [-0.1, -0.05) is 13.8 Å². The lowest BCUT2D eigenvalue weighted by molar-refractivity contribution is -0.105. The summed E-state index contributed by atoms with van der Waals surface area (Å²) in [5.41, 5.74) is 1.13. The van der Waals surface area contributed by atoms with Crippen LogP contribution in [0.4, 0.5) is 5.69 Å². The number of benzene rings is 1. The highest BCUT2D eigenvalue weighted by molar-refractivity contribution is 5.90. The minimum absolute atomic E-state index is 0.319. The third kappa shape index (κ3) is 3.73. The zero-order chi connectivity index (χ0) is 12.0. The molecule has 0 unspecified atom stereocenters. The molecular formula is C12H15NO3. The molecule has 4 heteroatoms. The molecule has 0 aliphatic rings. The van der Waals surface area contributed by atoms with Gasteiger partial charge in [0.1, 0.15) is 0 Å². The average molecular weight is 221 g/mol. The molecule has 0 aromatic heterocycles. The number of hydrogen-bond donors (Lipinski definition) is 1. The second-order valence-corrected chi connectivity index (χ2v) is 3.83. The SMILES string of the molecule is CC(C)COC(=O)c1ccc(NC=O)cc1. The molecule has 1 aromatic rings. The van der Waals surface area contributed by atoms with Crippen molar-refractivity contribution in [2.24, 2.45) is 5.92 Å². The first-order valence-electron chi connectivity index (χ1n) is 5.11. The topological polar surface area (TPSA) is 55.4 Å². The fourth-order valence-corrected chi connectivity index (χ4v) is 1.10. The van der Waals surface area contributed by atoms with Crippen LogP contribution in [0.15, 0.2) is 24.3 Å². The van der Waals surface area contributed by atoms with Crippen LogP contribution >= 0.6 is 0 Å². The van der Waals surface area contributed by atoms with Crippen molar-refractivity contribution in [3.05, 3.63) is 29.8 Å². The van der Waals surface area contributed by atoms with Crippen molar-refractivity contribution in [2.75, 3.05) is 11.9 Å². The number of anilines is 1. The zero-order valence-electron chi connectivity index (χ0n) is 9.40. The van der Waals surface area contributed by atoms with Crippen LogP contribution in [0, 0.1) is 5.92 Å². The molecular weight excluding hydrogens is 206 g/mol. The summed E-state index contributed by atoms with van der Waals surface area (Å²) in [4.78, 5) is 21.7. The number of nitrogens with one attached hydrogen (secondary N) is 1. The Kier molecular flexibility index (Phi) is 4.51. The van der Waals surface area contributed by atoms with Gasteiger partial charge < -0.3 is 10.1 Å². The maximum atomic E-state index is 11.5. The van der Waals surface area contributed by atoms with Gasteiger partial charge in [0.25, 0.3) is 0 Å². The summed E-state index contributed by atoms with van der Waals surface area (Å²) in [5.74, 6) is -0.0219. The first-order chi connectivity index (χ1) is 7.63. The van der Waals surface area contributed by atoms with E-state index in [1.165, 1.54) is 0 Å². The van der Waals surface area contributed by atoms with Gasteiger partial charge in [-0.3, -0.25) is 4.79 Å². The molecule has 1 rings (SSSR count). The molecule has 0 spiro atoms. The molecule has 0 heterocycles. The van der Waals surface area contributed by atoms with E-state index < -0.39 is 0 Å². The van der Waals surface area contributed by atoms with Crippen molar-refractivity contribution in [3.63, 3.8) is 0 Å². The molecule has 0 saturated carbocycles. The van der Waals surface area contributed by atoms with Gasteiger partial charge in [-0.05, 0) is 30.2 Å². The summed E-state index contributed by atoms with van der Waals surface area (Å²) < 4.78 is 5.06. The molecule has 0 radical (unpaired) electrons. The Hall–Kier alpha value is -1.84. The van der Waals surface area contributed by atoms with Crippen molar-refractivity contribution in [2.45, 2.75) is 13.8 Å². The Bertz CT molecular complexity index is 357. The summed E-state index contributed by atoms with van der Waals surface area (Å²) in [6.07, 6.45) is 0.589. The number of esters is 1. The number of ether oxygens (including phenoxy) is 1. The van der Waals surface area contributed by atoms with E-state index >= 15 is 0 Å². The Morgan fingerprint density at radius 1 is 1.38 bits per heavy atom. The van der Waals surface area contributed by atoms with Crippen LogP contribution in [0.2, 0.25) is 0 Å². The number of hydrogen-bond acceptors (Lipinski definition) is 3. The maximum absolute atomic E-state index is 11.5. The van der Waals surface area contributed by atoms with E-state index in [-0.39, 0.29) is 5.97 Å². The van der Waals surface area contributed by atoms with Gasteiger partial charge in [0.15, 0.2) is 0 Å². The van der Waals surface area contributed by atoms with Crippen LogP contribution in [0.3, 0.4) is 0 Å². The summed E-state index contributed by atoms with van der Waals surface area (Å²) in [6.45, 7) is 4.36. The molecule has 0 saturated heterocycles. The second-order valence-electron chi connectivity index (χ2n) is 3.83. The number of amides is 1. The lowest BCUT2D eigenvalue weighted by atomic mass is 10.2. The molecule has 0 bridgehead atoms. The minimum atomic E-state index is -0.341. The maximum Gasteiger partial charge on any atom is 0.338 e. The van der Waals surface area contributed by atoms with Gasteiger partial charge >= 0.3 is 5.97 Å². The van der Waals surface area contributed by atoms with E-state index in [2.05, 4.69) is 5.32 Å². The van der Waals surface area contributed by atoms with Crippen molar-refractivity contribution in [1.29, 1.82) is 0 Å². The zero-order valence-corrected chi connectivity index (χ0v) is 9.40. The lowest BCUT2D eigenvalue weighted by Crippen LogP contribution is -2.10. The number of carbonyl (C=O) groups is 2. The molecule has 4 nitrogen and oxygen atoms in total. The highest BCUT2D eigenvalue weighted by atomic mass is 16.5. The van der Waals surface area contributed by atoms with Gasteiger partial charge in [-0.15, -0.1) is 0 Å². The Morgan fingerprint density at radius 2 is 2.00 bits per heavy atom. The quantitative estimate of drug-likeness (QED) is 0.611. The highest BCUT2D eigenvalue weighted by Gasteiger charge is 2.07. The fourth-order valence-electron chi connectivity index (χ4n) is 1.10. The van der Waals surface area contributed by atoms with Gasteiger partial charge in [-0.25, -0.2) is 4.79 Å². The molecule has 0 aliphatic heterocycles. The second kappa shape index (κ2) is 5.90. The van der Waals surface area contributed by atoms with E-state index in [0.29, 0.717) is 30.2 Å². The summed E-state index contributed by atoms with van der Waals surface area (Å²) >= 11 is 0. The van der Waals surface area contributed by atoms with Crippen LogP contribution in [-0.4, -0.2) is 19.0 Å². The van der Waals surface area contributed by atoms with Gasteiger partial charge in [-0.2, -0.15) is 0 Å². The summed E-state index contributed by atoms with van der Waals surface area (Å²) in [5, 5.41) is 2.49. The molecule has 1 aromatic carbocycles. The van der Waals surface area contributed by atoms with Crippen molar-refractivity contribution in [1.82, 2.24) is 0 Å². The lowest BCUT2D eigenvalue weighted by Gasteiger charge is -2.07. The molecule has 0 fully saturated rings. The van der Waals surface area contributed by atoms with E-state index in [1.807, 2.05) is 13.8 Å². The van der Waals surface area contributed by atoms with Crippen LogP contribution < -0.4 is 5.32 Å². The van der Waals surface area contributed by atoms with E-state index in [1.54, 1.807) is 24.3 Å². The van der Waals surface area contributed by atoms with Crippen LogP contribution in [0.25, 0.3) is 0 Å². The molecule has 16 heavy (non-hydrogen) atoms. The highest BCUT2D eigenvalue weighted by Crippen LogP contribution is 2.10. The first-order valence-corrected chi connectivity index (χ1v) is 5.11. The Labute approximate surface area is 94.6 Å². The van der Waals surface area contributed by atoms with Crippen LogP contribution in [0.5, 0.6) is 0 Å². The summed E-state index contributed by atoms with van der Waals surface area (Å²) in [7, 11) is 0. The molecule has 0 atom stereocenters. The van der Waals surface area contributed by atoms with Crippen LogP contribution in [0.1, 0.15) is 24.2 Å². The van der Waals surface area contributed by atoms with E-state index in [9.17, 15) is 9.59 Å². The number of carbonyl (C=O) groups excluding carboxylic acids is 2. The van der Waals surface area contributed by atoms with E-state index in [0.717, 1.165) is 0 Å². The molecule has 0 aliphatic carbocycles. The summed E-state index contributed by atoms with van der Waals surface area (Å²) in [6, 6.07) is 6.55. The largest absolute Gasteiger partial charge is 0.462 e. The standard InChI is InChI=1S/C12H15NO3/c1-9(2)7-16-12(15)10-3-5-11(6-4-10)13-8-14/h3-6,8-9H,7H2,1-2H3,(H,13,14). The predicted octanol–water partition coefficient (Wildman–Crippen LogP) is 2.07. The third-order valence-electron chi connectivity index (χ3n) is 1.89. The number of rotatable bonds is 5. The van der Waals surface area contributed by atoms with Crippen molar-refractivity contribution in [3.8, 4) is 0 Å². The minimum Gasteiger partial charge on any atom is -0.462 e. The van der Waals surface area contributed by atoms with Gasteiger partial charge in [0.05, 0.1) is 12.2 Å². The van der Waals surface area contributed by atoms with Crippen molar-refractivity contribution < 1.29 is 14.3 Å². The average Bonchev–Trinajstić information content (AvgIpc) is 2.27. The van der Waals surface area contributed by atoms with Crippen molar-refractivity contribution >= 4 is 18.1 Å². The van der Waals surface area contributed by atoms with Gasteiger partial charge in [0, 0.05) is 5.69 Å². The third-order valence-corrected chi connectivity index (χ3v) is 1.89. The molecule has 86 valence electrons. The smallest absolute Gasteiger partial charge is 0.338 e. The predicted molar refractivity (Wildman–Crippen MR) is 61.2 cm³/mol. The monoisotopic (exact) mass is 221 g/mol. The normalized spacial score (nSPS) is 9.94.